The third-order valence-corrected chi connectivity index (χ3v) is 7.77. The van der Waals surface area contributed by atoms with Crippen molar-refractivity contribution in [2.45, 2.75) is 31.9 Å². The average molecular weight is 620 g/mol. The summed E-state index contributed by atoms with van der Waals surface area (Å²) >= 11 is 12.3. The van der Waals surface area contributed by atoms with Crippen LogP contribution in [0.3, 0.4) is 0 Å². The fraction of sp³-hybridized carbons (Fsp3) is 0.200. The van der Waals surface area contributed by atoms with E-state index in [1.54, 1.807) is 43.5 Å². The van der Waals surface area contributed by atoms with E-state index in [1.165, 1.54) is 46.0 Å². The number of aliphatic hydroxyl groups is 1. The van der Waals surface area contributed by atoms with Crippen molar-refractivity contribution in [3.63, 3.8) is 0 Å². The summed E-state index contributed by atoms with van der Waals surface area (Å²) in [7, 11) is 0. The maximum Gasteiger partial charge on any atom is 0.254 e. The molecule has 4 heterocycles. The molecular formula is C30H24Cl2FN7O3. The number of hydrogen-bond donors (Lipinski definition) is 2. The molecular weight excluding hydrogens is 596 g/mol. The molecule has 0 saturated carbocycles. The van der Waals surface area contributed by atoms with Gasteiger partial charge in [-0.1, -0.05) is 35.3 Å². The summed E-state index contributed by atoms with van der Waals surface area (Å²) < 4.78 is 17.2. The predicted molar refractivity (Wildman–Crippen MR) is 160 cm³/mol. The molecule has 0 spiro atoms. The lowest BCUT2D eigenvalue weighted by Gasteiger charge is -2.25. The summed E-state index contributed by atoms with van der Waals surface area (Å²) in [6.45, 7) is 1.70. The van der Waals surface area contributed by atoms with Crippen molar-refractivity contribution in [1.29, 1.82) is 0 Å². The number of fused-ring (bicyclic) bond motifs is 4. The molecule has 1 aliphatic rings. The lowest BCUT2D eigenvalue weighted by atomic mass is 9.93. The van der Waals surface area contributed by atoms with Gasteiger partial charge in [0.2, 0.25) is 5.91 Å². The molecule has 5 aromatic rings. The Morgan fingerprint density at radius 1 is 1.00 bits per heavy atom. The second-order valence-electron chi connectivity index (χ2n) is 10.4. The summed E-state index contributed by atoms with van der Waals surface area (Å²) in [5.41, 5.74) is 2.93. The lowest BCUT2D eigenvalue weighted by Crippen LogP contribution is -2.31. The van der Waals surface area contributed by atoms with E-state index in [-0.39, 0.29) is 23.9 Å². The minimum Gasteiger partial charge on any atom is -0.393 e. The van der Waals surface area contributed by atoms with Crippen LogP contribution in [0, 0.1) is 11.7 Å². The molecule has 0 fully saturated rings. The minimum absolute atomic E-state index is 0.0743. The zero-order valence-electron chi connectivity index (χ0n) is 22.7. The van der Waals surface area contributed by atoms with Gasteiger partial charge in [-0.25, -0.2) is 14.1 Å². The fourth-order valence-electron chi connectivity index (χ4n) is 5.23. The monoisotopic (exact) mass is 619 g/mol. The lowest BCUT2D eigenvalue weighted by molar-refractivity contribution is -0.120. The van der Waals surface area contributed by atoms with Gasteiger partial charge in [-0.15, -0.1) is 5.10 Å². The number of halogens is 3. The second kappa shape index (κ2) is 11.7. The van der Waals surface area contributed by atoms with Gasteiger partial charge in [0.25, 0.3) is 5.56 Å². The number of carbonyl (C=O) groups excluding carboxylic acids is 1. The van der Waals surface area contributed by atoms with Crippen LogP contribution in [0.5, 0.6) is 0 Å². The number of nitrogens with zero attached hydrogens (tertiary/aromatic N) is 6. The van der Waals surface area contributed by atoms with E-state index in [0.29, 0.717) is 44.5 Å². The van der Waals surface area contributed by atoms with Crippen molar-refractivity contribution in [3.05, 3.63) is 105 Å². The van der Waals surface area contributed by atoms with Crippen LogP contribution in [0.1, 0.15) is 31.5 Å². The van der Waals surface area contributed by atoms with E-state index in [1.807, 2.05) is 0 Å². The van der Waals surface area contributed by atoms with E-state index < -0.39 is 29.4 Å². The average Bonchev–Trinajstić information content (AvgIpc) is 3.42. The van der Waals surface area contributed by atoms with Crippen LogP contribution in [-0.4, -0.2) is 46.6 Å². The first-order valence-corrected chi connectivity index (χ1v) is 14.1. The number of hydrogen-bond acceptors (Lipinski definition) is 7. The molecule has 3 unspecified atom stereocenters. The molecule has 0 saturated heterocycles. The quantitative estimate of drug-likeness (QED) is 0.280. The Kier molecular flexibility index (Phi) is 7.78. The smallest absolute Gasteiger partial charge is 0.254 e. The molecule has 3 aromatic heterocycles. The van der Waals surface area contributed by atoms with E-state index in [4.69, 9.17) is 23.2 Å². The molecule has 1 aliphatic heterocycles. The van der Waals surface area contributed by atoms with Crippen LogP contribution >= 0.6 is 23.2 Å². The summed E-state index contributed by atoms with van der Waals surface area (Å²) in [5.74, 6) is -1.35. The standard InChI is InChI=1S/C30H24Cl2FN7O3/c1-16-8-20(41)12-27(25-9-17(6-7-34-25)21-11-19(33)3-4-23(21)36-30(16)43)39-15-35-24(13-29(39)42)22-10-18(31)2-5-26(22)40-14-28(32)37-38-40/h2-7,9-11,13-16,20,27,41H,8,12H2,1H3,(H,36,43). The number of aliphatic hydroxyl groups excluding tert-OH is 1. The second-order valence-corrected chi connectivity index (χ2v) is 11.2. The number of anilines is 1. The number of carbonyl (C=O) groups is 1. The van der Waals surface area contributed by atoms with Crippen molar-refractivity contribution in [2.24, 2.45) is 5.92 Å². The molecule has 2 aromatic carbocycles. The first-order chi connectivity index (χ1) is 20.7. The van der Waals surface area contributed by atoms with E-state index in [9.17, 15) is 19.1 Å². The highest BCUT2D eigenvalue weighted by Gasteiger charge is 2.27. The van der Waals surface area contributed by atoms with Crippen molar-refractivity contribution in [1.82, 2.24) is 29.5 Å². The molecule has 13 heteroatoms. The summed E-state index contributed by atoms with van der Waals surface area (Å²) in [6.07, 6.45) is 3.70. The molecule has 218 valence electrons. The largest absolute Gasteiger partial charge is 0.393 e. The fourth-order valence-corrected chi connectivity index (χ4v) is 5.53. The zero-order valence-corrected chi connectivity index (χ0v) is 24.2. The maximum absolute atomic E-state index is 14.3. The SMILES string of the molecule is CC1CC(O)CC(n2cnc(-c3cc(Cl)ccc3-n3cc(Cl)nn3)cc2=O)c2cc(ccn2)-c2cc(F)ccc2NC1=O. The molecule has 43 heavy (non-hydrogen) atoms. The van der Waals surface area contributed by atoms with Gasteiger partial charge in [0, 0.05) is 40.0 Å². The Balaban J connectivity index is 1.46. The van der Waals surface area contributed by atoms with E-state index in [2.05, 4.69) is 25.6 Å². The maximum atomic E-state index is 14.3. The number of amides is 1. The first-order valence-electron chi connectivity index (χ1n) is 13.4. The number of benzene rings is 2. The van der Waals surface area contributed by atoms with E-state index in [0.717, 1.165) is 0 Å². The number of pyridine rings is 1. The third-order valence-electron chi connectivity index (χ3n) is 7.36. The van der Waals surface area contributed by atoms with Gasteiger partial charge in [0.15, 0.2) is 5.15 Å². The normalized spacial score (nSPS) is 18.7. The van der Waals surface area contributed by atoms with Crippen LogP contribution < -0.4 is 10.9 Å². The predicted octanol–water partition coefficient (Wildman–Crippen LogP) is 5.32. The molecule has 1 amide bonds. The molecule has 2 N–H and O–H groups in total. The molecule has 0 aliphatic carbocycles. The number of aromatic nitrogens is 6. The highest BCUT2D eigenvalue weighted by molar-refractivity contribution is 6.31. The minimum atomic E-state index is -0.952. The van der Waals surface area contributed by atoms with Gasteiger partial charge >= 0.3 is 0 Å². The van der Waals surface area contributed by atoms with Gasteiger partial charge in [-0.3, -0.25) is 19.1 Å². The van der Waals surface area contributed by atoms with Gasteiger partial charge in [-0.2, -0.15) is 0 Å². The van der Waals surface area contributed by atoms with Crippen molar-refractivity contribution in [3.8, 4) is 28.1 Å². The van der Waals surface area contributed by atoms with Crippen LogP contribution in [0.4, 0.5) is 10.1 Å². The van der Waals surface area contributed by atoms with Crippen LogP contribution in [0.15, 0.2) is 78.1 Å². The summed E-state index contributed by atoms with van der Waals surface area (Å²) in [5, 5.41) is 22.4. The Morgan fingerprint density at radius 2 is 1.84 bits per heavy atom. The number of rotatable bonds is 3. The van der Waals surface area contributed by atoms with Gasteiger partial charge in [0.1, 0.15) is 5.82 Å². The molecule has 10 nitrogen and oxygen atoms in total. The van der Waals surface area contributed by atoms with Crippen molar-refractivity contribution in [2.75, 3.05) is 5.32 Å². The van der Waals surface area contributed by atoms with Crippen LogP contribution in [0.25, 0.3) is 28.1 Å². The molecule has 6 rings (SSSR count). The Hall–Kier alpha value is -4.45. The van der Waals surface area contributed by atoms with Crippen molar-refractivity contribution < 1.29 is 14.3 Å². The summed E-state index contributed by atoms with van der Waals surface area (Å²) in [6, 6.07) is 13.2. The molecule has 0 radical (unpaired) electrons. The van der Waals surface area contributed by atoms with Gasteiger partial charge in [-0.05, 0) is 66.9 Å². The Morgan fingerprint density at radius 3 is 2.60 bits per heavy atom. The topological polar surface area (TPSA) is 128 Å². The highest BCUT2D eigenvalue weighted by Crippen LogP contribution is 2.34. The third kappa shape index (κ3) is 5.92. The van der Waals surface area contributed by atoms with E-state index >= 15 is 0 Å². The Bertz CT molecular complexity index is 1910. The Labute approximate surface area is 254 Å². The van der Waals surface area contributed by atoms with Crippen LogP contribution in [-0.2, 0) is 4.79 Å². The van der Waals surface area contributed by atoms with Crippen molar-refractivity contribution >= 4 is 34.8 Å². The van der Waals surface area contributed by atoms with Gasteiger partial charge < -0.3 is 10.4 Å². The summed E-state index contributed by atoms with van der Waals surface area (Å²) in [4.78, 5) is 35.8. The van der Waals surface area contributed by atoms with Gasteiger partial charge in [0.05, 0.1) is 41.7 Å². The first kappa shape index (κ1) is 28.7. The van der Waals surface area contributed by atoms with Crippen LogP contribution in [0.2, 0.25) is 10.2 Å². The number of nitrogens with one attached hydrogen (secondary N) is 1. The molecule has 2 bridgehead atoms. The highest BCUT2D eigenvalue weighted by atomic mass is 35.5. The molecule has 3 atom stereocenters. The zero-order chi connectivity index (χ0) is 30.2.